The molecule has 24 heavy (non-hydrogen) atoms. The predicted octanol–water partition coefficient (Wildman–Crippen LogP) is 2.95. The fourth-order valence-corrected chi connectivity index (χ4v) is 2.50. The standard InChI is InChI=1S/C19H18N2O3/c1-13-6-2-3-7-14(13)10-21-18(22)12-24-19(23)16-11-20-17-9-5-4-8-15(16)17/h2-9,11,20H,10,12H2,1H3,(H,21,22). The number of benzene rings is 2. The van der Waals surface area contributed by atoms with Crippen LogP contribution in [0.15, 0.2) is 54.7 Å². The molecule has 0 aliphatic carbocycles. The zero-order chi connectivity index (χ0) is 16.9. The van der Waals surface area contributed by atoms with Crippen LogP contribution in [0.2, 0.25) is 0 Å². The molecule has 0 atom stereocenters. The number of nitrogens with one attached hydrogen (secondary N) is 2. The first kappa shape index (κ1) is 15.8. The summed E-state index contributed by atoms with van der Waals surface area (Å²) < 4.78 is 5.10. The second kappa shape index (κ2) is 7.00. The van der Waals surface area contributed by atoms with Crippen molar-refractivity contribution in [2.24, 2.45) is 0 Å². The SMILES string of the molecule is Cc1ccccc1CNC(=O)COC(=O)c1c[nH]c2ccccc12. The Morgan fingerprint density at radius 3 is 2.67 bits per heavy atom. The number of amides is 1. The molecule has 122 valence electrons. The first-order valence-corrected chi connectivity index (χ1v) is 7.69. The van der Waals surface area contributed by atoms with Crippen LogP contribution in [0, 0.1) is 6.92 Å². The van der Waals surface area contributed by atoms with Gasteiger partial charge in [-0.1, -0.05) is 42.5 Å². The molecule has 5 heteroatoms. The number of para-hydroxylation sites is 1. The summed E-state index contributed by atoms with van der Waals surface area (Å²) in [6, 6.07) is 15.2. The van der Waals surface area contributed by atoms with Crippen LogP contribution < -0.4 is 5.32 Å². The number of aromatic nitrogens is 1. The highest BCUT2D eigenvalue weighted by molar-refractivity contribution is 6.04. The molecular formula is C19H18N2O3. The van der Waals surface area contributed by atoms with Gasteiger partial charge in [-0.25, -0.2) is 4.79 Å². The molecule has 2 N–H and O–H groups in total. The molecule has 1 heterocycles. The quantitative estimate of drug-likeness (QED) is 0.710. The lowest BCUT2D eigenvalue weighted by Gasteiger charge is -2.08. The average molecular weight is 322 g/mol. The van der Waals surface area contributed by atoms with Crippen molar-refractivity contribution in [3.8, 4) is 0 Å². The predicted molar refractivity (Wildman–Crippen MR) is 91.6 cm³/mol. The smallest absolute Gasteiger partial charge is 0.340 e. The normalized spacial score (nSPS) is 10.5. The van der Waals surface area contributed by atoms with E-state index in [2.05, 4.69) is 10.3 Å². The van der Waals surface area contributed by atoms with E-state index in [4.69, 9.17) is 4.74 Å². The summed E-state index contributed by atoms with van der Waals surface area (Å²) in [4.78, 5) is 27.0. The number of fused-ring (bicyclic) bond motifs is 1. The molecule has 0 spiro atoms. The molecule has 3 aromatic rings. The van der Waals surface area contributed by atoms with E-state index in [1.54, 1.807) is 6.20 Å². The van der Waals surface area contributed by atoms with Crippen molar-refractivity contribution in [2.45, 2.75) is 13.5 Å². The number of hydrogen-bond donors (Lipinski definition) is 2. The van der Waals surface area contributed by atoms with Crippen LogP contribution in [-0.4, -0.2) is 23.5 Å². The maximum absolute atomic E-state index is 12.1. The van der Waals surface area contributed by atoms with Gasteiger partial charge >= 0.3 is 5.97 Å². The Kier molecular flexibility index (Phi) is 4.61. The van der Waals surface area contributed by atoms with Gasteiger partial charge in [0.2, 0.25) is 0 Å². The molecule has 0 radical (unpaired) electrons. The Morgan fingerprint density at radius 1 is 1.08 bits per heavy atom. The van der Waals surface area contributed by atoms with Gasteiger partial charge in [0, 0.05) is 23.6 Å². The van der Waals surface area contributed by atoms with Gasteiger partial charge in [-0.3, -0.25) is 4.79 Å². The summed E-state index contributed by atoms with van der Waals surface area (Å²) in [5.74, 6) is -0.843. The van der Waals surface area contributed by atoms with Crippen LogP contribution in [-0.2, 0) is 16.1 Å². The van der Waals surface area contributed by atoms with Crippen LogP contribution in [0.1, 0.15) is 21.5 Å². The van der Waals surface area contributed by atoms with E-state index < -0.39 is 5.97 Å². The van der Waals surface area contributed by atoms with Crippen molar-refractivity contribution in [3.63, 3.8) is 0 Å². The van der Waals surface area contributed by atoms with Gasteiger partial charge in [-0.2, -0.15) is 0 Å². The highest BCUT2D eigenvalue weighted by Gasteiger charge is 2.14. The number of hydrogen-bond acceptors (Lipinski definition) is 3. The highest BCUT2D eigenvalue weighted by Crippen LogP contribution is 2.18. The summed E-state index contributed by atoms with van der Waals surface area (Å²) in [5, 5.41) is 3.53. The third kappa shape index (κ3) is 3.46. The van der Waals surface area contributed by atoms with Gasteiger partial charge in [0.1, 0.15) is 0 Å². The molecule has 0 bridgehead atoms. The minimum absolute atomic E-state index is 0.301. The molecule has 0 saturated carbocycles. The molecule has 3 rings (SSSR count). The highest BCUT2D eigenvalue weighted by atomic mass is 16.5. The third-order valence-corrected chi connectivity index (χ3v) is 3.88. The number of esters is 1. The molecule has 0 fully saturated rings. The lowest BCUT2D eigenvalue weighted by atomic mass is 10.1. The lowest BCUT2D eigenvalue weighted by molar-refractivity contribution is -0.124. The van der Waals surface area contributed by atoms with Crippen molar-refractivity contribution in [1.29, 1.82) is 0 Å². The summed E-state index contributed by atoms with van der Waals surface area (Å²) in [5.41, 5.74) is 3.42. The molecule has 2 aromatic carbocycles. The minimum Gasteiger partial charge on any atom is -0.452 e. The first-order valence-electron chi connectivity index (χ1n) is 7.69. The van der Waals surface area contributed by atoms with Gasteiger partial charge in [-0.15, -0.1) is 0 Å². The number of H-pyrrole nitrogens is 1. The average Bonchev–Trinajstić information content (AvgIpc) is 3.03. The van der Waals surface area contributed by atoms with E-state index >= 15 is 0 Å². The molecule has 0 aliphatic rings. The van der Waals surface area contributed by atoms with Crippen molar-refractivity contribution >= 4 is 22.8 Å². The van der Waals surface area contributed by atoms with Gasteiger partial charge in [0.25, 0.3) is 5.91 Å². The van der Waals surface area contributed by atoms with E-state index in [0.29, 0.717) is 12.1 Å². The second-order valence-corrected chi connectivity index (χ2v) is 5.53. The van der Waals surface area contributed by atoms with E-state index in [0.717, 1.165) is 22.0 Å². The molecular weight excluding hydrogens is 304 g/mol. The topological polar surface area (TPSA) is 71.2 Å². The van der Waals surface area contributed by atoms with Crippen LogP contribution in [0.3, 0.4) is 0 Å². The maximum Gasteiger partial charge on any atom is 0.340 e. The van der Waals surface area contributed by atoms with Gasteiger partial charge in [0.05, 0.1) is 5.56 Å². The fraction of sp³-hybridized carbons (Fsp3) is 0.158. The number of carbonyl (C=O) groups excluding carboxylic acids is 2. The number of aromatic amines is 1. The summed E-state index contributed by atoms with van der Waals surface area (Å²) >= 11 is 0. The fourth-order valence-electron chi connectivity index (χ4n) is 2.50. The minimum atomic E-state index is -0.515. The first-order chi connectivity index (χ1) is 11.6. The van der Waals surface area contributed by atoms with Crippen LogP contribution in [0.5, 0.6) is 0 Å². The maximum atomic E-state index is 12.1. The Bertz CT molecular complexity index is 883. The van der Waals surface area contributed by atoms with E-state index in [-0.39, 0.29) is 12.5 Å². The van der Waals surface area contributed by atoms with Crippen LogP contribution in [0.25, 0.3) is 10.9 Å². The molecule has 5 nitrogen and oxygen atoms in total. The monoisotopic (exact) mass is 322 g/mol. The summed E-state index contributed by atoms with van der Waals surface area (Å²) in [6.45, 7) is 2.10. The third-order valence-electron chi connectivity index (χ3n) is 3.88. The van der Waals surface area contributed by atoms with Crippen molar-refractivity contribution in [3.05, 3.63) is 71.4 Å². The van der Waals surface area contributed by atoms with Gasteiger partial charge < -0.3 is 15.0 Å². The van der Waals surface area contributed by atoms with E-state index in [1.165, 1.54) is 0 Å². The summed E-state index contributed by atoms with van der Waals surface area (Å²) in [7, 11) is 0. The number of rotatable bonds is 5. The summed E-state index contributed by atoms with van der Waals surface area (Å²) in [6.07, 6.45) is 1.60. The number of carbonyl (C=O) groups is 2. The zero-order valence-electron chi connectivity index (χ0n) is 13.3. The molecule has 1 aromatic heterocycles. The molecule has 0 unspecified atom stereocenters. The Morgan fingerprint density at radius 2 is 1.83 bits per heavy atom. The second-order valence-electron chi connectivity index (χ2n) is 5.53. The molecule has 0 saturated heterocycles. The van der Waals surface area contributed by atoms with Gasteiger partial charge in [0.15, 0.2) is 6.61 Å². The van der Waals surface area contributed by atoms with Crippen LogP contribution in [0.4, 0.5) is 0 Å². The molecule has 0 aliphatic heterocycles. The van der Waals surface area contributed by atoms with Crippen LogP contribution >= 0.6 is 0 Å². The Balaban J connectivity index is 1.54. The number of aryl methyl sites for hydroxylation is 1. The van der Waals surface area contributed by atoms with Crippen molar-refractivity contribution in [2.75, 3.05) is 6.61 Å². The van der Waals surface area contributed by atoms with E-state index in [1.807, 2.05) is 55.5 Å². The van der Waals surface area contributed by atoms with Crippen molar-refractivity contribution < 1.29 is 14.3 Å². The lowest BCUT2D eigenvalue weighted by Crippen LogP contribution is -2.28. The Labute approximate surface area is 139 Å². The number of ether oxygens (including phenoxy) is 1. The largest absolute Gasteiger partial charge is 0.452 e. The molecule has 1 amide bonds. The zero-order valence-corrected chi connectivity index (χ0v) is 13.3. The van der Waals surface area contributed by atoms with Gasteiger partial charge in [-0.05, 0) is 24.1 Å². The van der Waals surface area contributed by atoms with E-state index in [9.17, 15) is 9.59 Å². The Hall–Kier alpha value is -3.08. The van der Waals surface area contributed by atoms with Crippen molar-refractivity contribution in [1.82, 2.24) is 10.3 Å².